The molecule has 3 aromatic rings. The molecule has 2 nitrogen and oxygen atoms in total. The summed E-state index contributed by atoms with van der Waals surface area (Å²) in [6.07, 6.45) is 0.514. The zero-order valence-corrected chi connectivity index (χ0v) is 11.5. The van der Waals surface area contributed by atoms with Crippen LogP contribution in [0.4, 0.5) is 10.1 Å². The van der Waals surface area contributed by atoms with Crippen LogP contribution in [0.25, 0.3) is 11.3 Å². The molecule has 0 fully saturated rings. The lowest BCUT2D eigenvalue weighted by Gasteiger charge is -2.00. The number of nitrogen functional groups attached to an aromatic ring is 1. The summed E-state index contributed by atoms with van der Waals surface area (Å²) in [5.74, 6) is -0.187. The third kappa shape index (κ3) is 2.70. The molecule has 0 atom stereocenters. The number of anilines is 1. The van der Waals surface area contributed by atoms with Crippen molar-refractivity contribution in [3.63, 3.8) is 0 Å². The molecule has 0 amide bonds. The van der Waals surface area contributed by atoms with Gasteiger partial charge in [-0.05, 0) is 23.8 Å². The highest BCUT2D eigenvalue weighted by molar-refractivity contribution is 7.10. The van der Waals surface area contributed by atoms with Gasteiger partial charge in [0.1, 0.15) is 5.82 Å². The minimum absolute atomic E-state index is 0.187. The number of hydrogen-bond donors (Lipinski definition) is 1. The van der Waals surface area contributed by atoms with Gasteiger partial charge in [0.2, 0.25) is 0 Å². The molecule has 0 saturated heterocycles. The van der Waals surface area contributed by atoms with Crippen molar-refractivity contribution in [2.24, 2.45) is 0 Å². The number of halogens is 1. The van der Waals surface area contributed by atoms with Gasteiger partial charge in [0, 0.05) is 23.1 Å². The Hall–Kier alpha value is -2.20. The van der Waals surface area contributed by atoms with Crippen LogP contribution in [-0.2, 0) is 6.42 Å². The maximum absolute atomic E-state index is 13.6. The van der Waals surface area contributed by atoms with Crippen LogP contribution in [0.5, 0.6) is 0 Å². The second-order valence-electron chi connectivity index (χ2n) is 4.52. The molecule has 0 spiro atoms. The zero-order valence-electron chi connectivity index (χ0n) is 10.7. The minimum Gasteiger partial charge on any atom is -0.399 e. The van der Waals surface area contributed by atoms with Gasteiger partial charge in [-0.15, -0.1) is 11.3 Å². The lowest BCUT2D eigenvalue weighted by Crippen LogP contribution is -1.91. The van der Waals surface area contributed by atoms with Crippen molar-refractivity contribution in [3.05, 3.63) is 70.3 Å². The largest absolute Gasteiger partial charge is 0.399 e. The van der Waals surface area contributed by atoms with Gasteiger partial charge in [0.15, 0.2) is 0 Å². The highest BCUT2D eigenvalue weighted by Gasteiger charge is 2.08. The molecule has 0 bridgehead atoms. The SMILES string of the molecule is Nc1cccc(-c2csc(Cc3ccccc3F)n2)c1. The van der Waals surface area contributed by atoms with Gasteiger partial charge in [0.25, 0.3) is 0 Å². The van der Waals surface area contributed by atoms with Crippen molar-refractivity contribution in [2.75, 3.05) is 5.73 Å². The smallest absolute Gasteiger partial charge is 0.126 e. The fourth-order valence-corrected chi connectivity index (χ4v) is 2.85. The molecule has 1 aromatic heterocycles. The normalized spacial score (nSPS) is 10.7. The van der Waals surface area contributed by atoms with Crippen LogP contribution in [0.1, 0.15) is 10.6 Å². The molecule has 0 saturated carbocycles. The molecular weight excluding hydrogens is 271 g/mol. The van der Waals surface area contributed by atoms with E-state index < -0.39 is 0 Å². The van der Waals surface area contributed by atoms with Crippen LogP contribution in [-0.4, -0.2) is 4.98 Å². The van der Waals surface area contributed by atoms with E-state index in [0.29, 0.717) is 17.7 Å². The third-order valence-corrected chi connectivity index (χ3v) is 3.88. The number of nitrogens with two attached hydrogens (primary N) is 1. The predicted molar refractivity (Wildman–Crippen MR) is 81.2 cm³/mol. The number of thiazole rings is 1. The number of nitrogens with zero attached hydrogens (tertiary/aromatic N) is 1. The van der Waals surface area contributed by atoms with Crippen LogP contribution in [0.2, 0.25) is 0 Å². The number of hydrogen-bond acceptors (Lipinski definition) is 3. The van der Waals surface area contributed by atoms with Crippen LogP contribution < -0.4 is 5.73 Å². The molecule has 100 valence electrons. The van der Waals surface area contributed by atoms with Gasteiger partial charge in [-0.2, -0.15) is 0 Å². The minimum atomic E-state index is -0.187. The number of aromatic nitrogens is 1. The van der Waals surface area contributed by atoms with E-state index in [-0.39, 0.29) is 5.82 Å². The molecular formula is C16H13FN2S. The first-order valence-electron chi connectivity index (χ1n) is 6.26. The molecule has 0 radical (unpaired) electrons. The second-order valence-corrected chi connectivity index (χ2v) is 5.46. The molecule has 0 aliphatic rings. The van der Waals surface area contributed by atoms with Gasteiger partial charge in [-0.3, -0.25) is 0 Å². The van der Waals surface area contributed by atoms with Gasteiger partial charge in [0.05, 0.1) is 10.7 Å². The number of rotatable bonds is 3. The topological polar surface area (TPSA) is 38.9 Å². The van der Waals surface area contributed by atoms with E-state index in [9.17, 15) is 4.39 Å². The van der Waals surface area contributed by atoms with E-state index in [1.54, 1.807) is 12.1 Å². The van der Waals surface area contributed by atoms with Crippen LogP contribution in [0.15, 0.2) is 53.9 Å². The molecule has 4 heteroatoms. The molecule has 2 aromatic carbocycles. The van der Waals surface area contributed by atoms with Crippen LogP contribution in [0.3, 0.4) is 0 Å². The molecule has 0 unspecified atom stereocenters. The van der Waals surface area contributed by atoms with E-state index in [2.05, 4.69) is 4.98 Å². The zero-order chi connectivity index (χ0) is 13.9. The molecule has 3 rings (SSSR count). The molecule has 20 heavy (non-hydrogen) atoms. The van der Waals surface area contributed by atoms with Crippen molar-refractivity contribution >= 4 is 17.0 Å². The predicted octanol–water partition coefficient (Wildman–Crippen LogP) is 4.12. The van der Waals surface area contributed by atoms with E-state index in [1.807, 2.05) is 35.7 Å². The summed E-state index contributed by atoms with van der Waals surface area (Å²) < 4.78 is 13.6. The first-order chi connectivity index (χ1) is 9.72. The van der Waals surface area contributed by atoms with Crippen molar-refractivity contribution < 1.29 is 4.39 Å². The first-order valence-corrected chi connectivity index (χ1v) is 7.14. The van der Waals surface area contributed by atoms with Gasteiger partial charge in [-0.25, -0.2) is 9.37 Å². The van der Waals surface area contributed by atoms with Crippen molar-refractivity contribution in [1.29, 1.82) is 0 Å². The standard InChI is InChI=1S/C16H13FN2S/c17-14-7-2-1-4-11(14)9-16-19-15(10-20-16)12-5-3-6-13(18)8-12/h1-8,10H,9,18H2. The fraction of sp³-hybridized carbons (Fsp3) is 0.0625. The van der Waals surface area contributed by atoms with Crippen molar-refractivity contribution in [3.8, 4) is 11.3 Å². The maximum Gasteiger partial charge on any atom is 0.126 e. The maximum atomic E-state index is 13.6. The Morgan fingerprint density at radius 1 is 1.10 bits per heavy atom. The lowest BCUT2D eigenvalue weighted by atomic mass is 10.1. The average Bonchev–Trinajstić information content (AvgIpc) is 2.90. The Labute approximate surface area is 120 Å². The van der Waals surface area contributed by atoms with Gasteiger partial charge >= 0.3 is 0 Å². The second kappa shape index (κ2) is 5.43. The summed E-state index contributed by atoms with van der Waals surface area (Å²) >= 11 is 1.54. The van der Waals surface area contributed by atoms with Crippen LogP contribution >= 0.6 is 11.3 Å². The Morgan fingerprint density at radius 3 is 2.75 bits per heavy atom. The van der Waals surface area contributed by atoms with E-state index in [0.717, 1.165) is 16.3 Å². The van der Waals surface area contributed by atoms with Crippen LogP contribution in [0, 0.1) is 5.82 Å². The van der Waals surface area contributed by atoms with E-state index in [4.69, 9.17) is 5.73 Å². The van der Waals surface area contributed by atoms with Crippen molar-refractivity contribution in [2.45, 2.75) is 6.42 Å². The number of benzene rings is 2. The van der Waals surface area contributed by atoms with Gasteiger partial charge in [-0.1, -0.05) is 30.3 Å². The first kappa shape index (κ1) is 12.8. The summed E-state index contributed by atoms with van der Waals surface area (Å²) in [6.45, 7) is 0. The average molecular weight is 284 g/mol. The summed E-state index contributed by atoms with van der Waals surface area (Å²) in [6, 6.07) is 14.4. The highest BCUT2D eigenvalue weighted by atomic mass is 32.1. The fourth-order valence-electron chi connectivity index (χ4n) is 2.03. The highest BCUT2D eigenvalue weighted by Crippen LogP contribution is 2.25. The molecule has 0 aliphatic heterocycles. The Bertz CT molecular complexity index is 737. The monoisotopic (exact) mass is 284 g/mol. The molecule has 2 N–H and O–H groups in total. The third-order valence-electron chi connectivity index (χ3n) is 3.03. The quantitative estimate of drug-likeness (QED) is 0.735. The Balaban J connectivity index is 1.86. The molecule has 0 aliphatic carbocycles. The molecule has 1 heterocycles. The van der Waals surface area contributed by atoms with E-state index in [1.165, 1.54) is 17.4 Å². The Morgan fingerprint density at radius 2 is 1.95 bits per heavy atom. The lowest BCUT2D eigenvalue weighted by molar-refractivity contribution is 0.614. The summed E-state index contributed by atoms with van der Waals surface area (Å²) in [7, 11) is 0. The van der Waals surface area contributed by atoms with Crippen molar-refractivity contribution in [1.82, 2.24) is 4.98 Å². The summed E-state index contributed by atoms with van der Waals surface area (Å²) in [5.41, 5.74) is 9.02. The van der Waals surface area contributed by atoms with Gasteiger partial charge < -0.3 is 5.73 Å². The summed E-state index contributed by atoms with van der Waals surface area (Å²) in [5, 5.41) is 2.87. The van der Waals surface area contributed by atoms with E-state index >= 15 is 0 Å². The Kier molecular flexibility index (Phi) is 3.48. The summed E-state index contributed by atoms with van der Waals surface area (Å²) in [4.78, 5) is 4.55.